The molecule has 2 spiro atoms. The number of pyridine rings is 1. The third-order valence-electron chi connectivity index (χ3n) is 12.3. The second kappa shape index (κ2) is 13.0. The first-order valence-corrected chi connectivity index (χ1v) is 20.5. The lowest BCUT2D eigenvalue weighted by molar-refractivity contribution is -0.166. The van der Waals surface area contributed by atoms with E-state index in [1.54, 1.807) is 6.07 Å². The summed E-state index contributed by atoms with van der Waals surface area (Å²) in [5.41, 5.74) is 2.11. The van der Waals surface area contributed by atoms with Crippen LogP contribution >= 0.6 is 10.3 Å². The van der Waals surface area contributed by atoms with E-state index < -0.39 is 45.4 Å². The van der Waals surface area contributed by atoms with Crippen LogP contribution in [0.4, 0.5) is 13.2 Å². The summed E-state index contributed by atoms with van der Waals surface area (Å²) in [7, 11) is -1.66. The number of fused-ring (bicyclic) bond motifs is 4. The van der Waals surface area contributed by atoms with Crippen molar-refractivity contribution in [3.05, 3.63) is 63.0 Å². The standard InChI is InChI=1S/C39H49F3N2O6S/c1-23(45)48-35-33-29(28(21-37(35)12-7-13-37)50-51(5,6)36(2,3)4)31-30(32(44-33)24-10-16-46-17-11-24)34(49-38(31)14-18-47-19-15-38)25-8-9-27(39(40,41)42)26(20-25)22-43/h8-9,20,24,28,34-35H,7,10-19,21H2,1-6H3. The number of rotatable bonds is 5. The molecule has 5 aliphatic rings. The van der Waals surface area contributed by atoms with E-state index >= 15 is 0 Å². The van der Waals surface area contributed by atoms with Crippen molar-refractivity contribution in [1.82, 2.24) is 4.98 Å². The zero-order valence-corrected chi connectivity index (χ0v) is 31.2. The fourth-order valence-electron chi connectivity index (χ4n) is 8.76. The number of aromatic nitrogens is 1. The Kier molecular flexibility index (Phi) is 9.35. The van der Waals surface area contributed by atoms with Crippen LogP contribution in [-0.2, 0) is 39.7 Å². The Morgan fingerprint density at radius 3 is 2.24 bits per heavy atom. The Morgan fingerprint density at radius 2 is 1.67 bits per heavy atom. The first kappa shape index (κ1) is 36.7. The molecule has 3 atom stereocenters. The summed E-state index contributed by atoms with van der Waals surface area (Å²) in [6, 6.07) is 5.55. The number of carbonyl (C=O) groups is 1. The highest BCUT2D eigenvalue weighted by Gasteiger charge is 2.59. The number of nitriles is 1. The van der Waals surface area contributed by atoms with Crippen LogP contribution in [0, 0.1) is 16.7 Å². The van der Waals surface area contributed by atoms with E-state index in [2.05, 4.69) is 33.3 Å². The highest BCUT2D eigenvalue weighted by atomic mass is 32.3. The van der Waals surface area contributed by atoms with Gasteiger partial charge in [0.2, 0.25) is 0 Å². The second-order valence-corrected chi connectivity index (χ2v) is 20.2. The van der Waals surface area contributed by atoms with Crippen molar-refractivity contribution >= 4 is 16.3 Å². The lowest BCUT2D eigenvalue weighted by Gasteiger charge is -2.55. The molecule has 0 radical (unpaired) electrons. The number of ether oxygens (including phenoxy) is 4. The first-order valence-electron chi connectivity index (χ1n) is 18.1. The number of nitrogens with zero attached hydrogens (tertiary/aromatic N) is 2. The zero-order chi connectivity index (χ0) is 36.6. The van der Waals surface area contributed by atoms with Crippen molar-refractivity contribution in [3.63, 3.8) is 0 Å². The van der Waals surface area contributed by atoms with Gasteiger partial charge in [0, 0.05) is 73.4 Å². The topological polar surface area (TPSA) is 99.9 Å². The second-order valence-electron chi connectivity index (χ2n) is 16.3. The number of halogens is 3. The molecule has 0 amide bonds. The van der Waals surface area contributed by atoms with Gasteiger partial charge < -0.3 is 23.1 Å². The average Bonchev–Trinajstić information content (AvgIpc) is 3.37. The van der Waals surface area contributed by atoms with E-state index in [-0.39, 0.29) is 28.2 Å². The molecule has 8 nitrogen and oxygen atoms in total. The Morgan fingerprint density at radius 1 is 1.00 bits per heavy atom. The van der Waals surface area contributed by atoms with Crippen LogP contribution in [0.1, 0.15) is 148 Å². The molecule has 2 aliphatic carbocycles. The SMILES string of the molecule is CC(=O)OC1c2nc(C3CCOCC3)c3c(c2C(OS(C)(C)C(C)(C)C)CC12CCC2)C1(CCOCC1)OC3c1ccc(C(F)(F)F)c(C#N)c1. The Balaban J connectivity index is 1.54. The van der Waals surface area contributed by atoms with Crippen molar-refractivity contribution in [2.75, 3.05) is 38.9 Å². The number of hydrogen-bond donors (Lipinski definition) is 0. The summed E-state index contributed by atoms with van der Waals surface area (Å²) in [5.74, 6) is -0.382. The van der Waals surface area contributed by atoms with Crippen molar-refractivity contribution in [1.29, 1.82) is 5.26 Å². The molecule has 1 aromatic heterocycles. The van der Waals surface area contributed by atoms with Crippen LogP contribution in [-0.4, -0.2) is 54.6 Å². The smallest absolute Gasteiger partial charge is 0.417 e. The van der Waals surface area contributed by atoms with E-state index in [0.29, 0.717) is 64.1 Å². The van der Waals surface area contributed by atoms with Crippen molar-refractivity contribution in [2.45, 2.75) is 120 Å². The van der Waals surface area contributed by atoms with Crippen molar-refractivity contribution < 1.29 is 41.1 Å². The van der Waals surface area contributed by atoms with Crippen LogP contribution in [0.2, 0.25) is 0 Å². The third kappa shape index (κ3) is 6.29. The summed E-state index contributed by atoms with van der Waals surface area (Å²) in [6.07, 6.45) is 3.92. The van der Waals surface area contributed by atoms with Gasteiger partial charge in [0.25, 0.3) is 0 Å². The number of esters is 1. The van der Waals surface area contributed by atoms with E-state index in [0.717, 1.165) is 53.4 Å². The Bertz CT molecular complexity index is 1730. The fraction of sp³-hybridized carbons (Fsp3) is 0.667. The van der Waals surface area contributed by atoms with Crippen molar-refractivity contribution in [3.8, 4) is 6.07 Å². The van der Waals surface area contributed by atoms with Crippen LogP contribution in [0.25, 0.3) is 0 Å². The molecule has 51 heavy (non-hydrogen) atoms. The average molecular weight is 731 g/mol. The van der Waals surface area contributed by atoms with Crippen LogP contribution in [0.15, 0.2) is 18.2 Å². The third-order valence-corrected chi connectivity index (χ3v) is 15.9. The molecule has 2 aromatic rings. The monoisotopic (exact) mass is 730 g/mol. The van der Waals surface area contributed by atoms with Gasteiger partial charge in [0.1, 0.15) is 12.2 Å². The first-order chi connectivity index (χ1) is 24.0. The molecular weight excluding hydrogens is 681 g/mol. The largest absolute Gasteiger partial charge is 0.455 e. The molecule has 0 bridgehead atoms. The minimum atomic E-state index is -4.68. The maximum atomic E-state index is 14.0. The molecule has 12 heteroatoms. The van der Waals surface area contributed by atoms with Gasteiger partial charge in [-0.25, -0.2) is 0 Å². The molecule has 278 valence electrons. The lowest BCUT2D eigenvalue weighted by atomic mass is 9.57. The van der Waals surface area contributed by atoms with Crippen LogP contribution in [0.3, 0.4) is 0 Å². The van der Waals surface area contributed by atoms with Crippen LogP contribution < -0.4 is 0 Å². The summed E-state index contributed by atoms with van der Waals surface area (Å²) in [4.78, 5) is 18.4. The van der Waals surface area contributed by atoms with Gasteiger partial charge in [0.15, 0.2) is 0 Å². The number of hydrogen-bond acceptors (Lipinski definition) is 8. The van der Waals surface area contributed by atoms with Gasteiger partial charge in [-0.05, 0) is 67.9 Å². The molecule has 1 saturated carbocycles. The van der Waals surface area contributed by atoms with Crippen LogP contribution in [0.5, 0.6) is 0 Å². The molecule has 7 rings (SSSR count). The van der Waals surface area contributed by atoms with Gasteiger partial charge in [-0.15, -0.1) is 10.3 Å². The Hall–Kier alpha value is -2.69. The van der Waals surface area contributed by atoms with Gasteiger partial charge in [-0.3, -0.25) is 9.78 Å². The lowest BCUT2D eigenvalue weighted by Crippen LogP contribution is -2.46. The van der Waals surface area contributed by atoms with E-state index in [1.807, 2.05) is 0 Å². The Labute approximate surface area is 300 Å². The predicted octanol–water partition coefficient (Wildman–Crippen LogP) is 9.00. The summed E-state index contributed by atoms with van der Waals surface area (Å²) < 4.78 is 74.4. The summed E-state index contributed by atoms with van der Waals surface area (Å²) in [6.45, 7) is 10.0. The molecular formula is C39H49F3N2O6S. The molecule has 3 fully saturated rings. The molecule has 4 heterocycles. The minimum absolute atomic E-state index is 0.0166. The molecule has 3 unspecified atom stereocenters. The fourth-order valence-corrected chi connectivity index (χ4v) is 9.79. The van der Waals surface area contributed by atoms with E-state index in [4.69, 9.17) is 28.1 Å². The number of carbonyl (C=O) groups excluding carboxylic acids is 1. The molecule has 2 saturated heterocycles. The minimum Gasteiger partial charge on any atom is -0.455 e. The van der Waals surface area contributed by atoms with Gasteiger partial charge in [-0.2, -0.15) is 18.4 Å². The van der Waals surface area contributed by atoms with E-state index in [9.17, 15) is 23.2 Å². The van der Waals surface area contributed by atoms with Gasteiger partial charge in [-0.1, -0.05) is 33.3 Å². The maximum Gasteiger partial charge on any atom is 0.417 e. The quantitative estimate of drug-likeness (QED) is 0.281. The maximum absolute atomic E-state index is 14.0. The summed E-state index contributed by atoms with van der Waals surface area (Å²) in [5, 5.41) is 9.90. The predicted molar refractivity (Wildman–Crippen MR) is 186 cm³/mol. The van der Waals surface area contributed by atoms with Gasteiger partial charge >= 0.3 is 12.1 Å². The van der Waals surface area contributed by atoms with Gasteiger partial charge in [0.05, 0.1) is 40.3 Å². The molecule has 1 aromatic carbocycles. The molecule has 0 N–H and O–H groups in total. The summed E-state index contributed by atoms with van der Waals surface area (Å²) >= 11 is 0. The highest BCUT2D eigenvalue weighted by molar-refractivity contribution is 8.29. The zero-order valence-electron chi connectivity index (χ0n) is 30.4. The molecule has 3 aliphatic heterocycles. The highest BCUT2D eigenvalue weighted by Crippen LogP contribution is 2.68. The van der Waals surface area contributed by atoms with E-state index in [1.165, 1.54) is 19.1 Å². The number of alkyl halides is 3. The normalized spacial score (nSPS) is 26.2. The van der Waals surface area contributed by atoms with Crippen molar-refractivity contribution in [2.24, 2.45) is 5.41 Å². The number of benzene rings is 1.